The summed E-state index contributed by atoms with van der Waals surface area (Å²) in [5.74, 6) is 1.10. The third-order valence-electron chi connectivity index (χ3n) is 3.21. The summed E-state index contributed by atoms with van der Waals surface area (Å²) >= 11 is 0. The van der Waals surface area contributed by atoms with Gasteiger partial charge < -0.3 is 4.98 Å². The molecule has 17 heavy (non-hydrogen) atoms. The van der Waals surface area contributed by atoms with E-state index in [9.17, 15) is 0 Å². The largest absolute Gasteiger partial charge is 0.396 e. The van der Waals surface area contributed by atoms with E-state index < -0.39 is 8.24 Å². The Morgan fingerprint density at radius 3 is 2.76 bits per heavy atom. The fourth-order valence-corrected chi connectivity index (χ4v) is 3.37. The lowest BCUT2D eigenvalue weighted by Crippen LogP contribution is -2.34. The predicted octanol–water partition coefficient (Wildman–Crippen LogP) is 3.10. The highest BCUT2D eigenvalue weighted by molar-refractivity contribution is 6.79. The van der Waals surface area contributed by atoms with Crippen molar-refractivity contribution in [3.8, 4) is 0 Å². The Labute approximate surface area is 105 Å². The molecule has 1 N–H and O–H groups in total. The SMILES string of the molecule is CN1CCCC1c1cccnc1N[Si](C)(C)C. The number of likely N-dealkylation sites (tertiary alicyclic amines) is 1. The zero-order valence-electron chi connectivity index (χ0n) is 11.3. The van der Waals surface area contributed by atoms with Gasteiger partial charge in [0, 0.05) is 17.8 Å². The number of aromatic nitrogens is 1. The minimum atomic E-state index is -1.33. The maximum Gasteiger partial charge on any atom is 0.145 e. The van der Waals surface area contributed by atoms with Gasteiger partial charge in [0.05, 0.1) is 0 Å². The summed E-state index contributed by atoms with van der Waals surface area (Å²) < 4.78 is 0. The molecular formula is C13H23N3Si. The first kappa shape index (κ1) is 12.6. The van der Waals surface area contributed by atoms with Crippen LogP contribution in [0.1, 0.15) is 24.4 Å². The maximum absolute atomic E-state index is 4.54. The van der Waals surface area contributed by atoms with Gasteiger partial charge in [0.2, 0.25) is 0 Å². The van der Waals surface area contributed by atoms with E-state index in [4.69, 9.17) is 0 Å². The summed E-state index contributed by atoms with van der Waals surface area (Å²) in [5, 5.41) is 0. The normalized spacial score (nSPS) is 21.8. The molecule has 1 aromatic heterocycles. The number of nitrogens with one attached hydrogen (secondary N) is 1. The molecule has 0 aliphatic carbocycles. The molecule has 1 saturated heterocycles. The van der Waals surface area contributed by atoms with Crippen LogP contribution in [0.15, 0.2) is 18.3 Å². The van der Waals surface area contributed by atoms with E-state index in [0.29, 0.717) is 6.04 Å². The van der Waals surface area contributed by atoms with Crippen molar-refractivity contribution in [3.63, 3.8) is 0 Å². The van der Waals surface area contributed by atoms with Crippen molar-refractivity contribution in [1.82, 2.24) is 9.88 Å². The highest BCUT2D eigenvalue weighted by atomic mass is 28.3. The second kappa shape index (κ2) is 4.78. The average Bonchev–Trinajstić information content (AvgIpc) is 2.63. The molecule has 1 aliphatic heterocycles. The molecule has 0 aromatic carbocycles. The first-order valence-electron chi connectivity index (χ1n) is 6.41. The Morgan fingerprint density at radius 1 is 1.41 bits per heavy atom. The average molecular weight is 249 g/mol. The van der Waals surface area contributed by atoms with Gasteiger partial charge >= 0.3 is 0 Å². The molecule has 3 nitrogen and oxygen atoms in total. The molecule has 0 amide bonds. The third kappa shape index (κ3) is 3.07. The van der Waals surface area contributed by atoms with Crippen molar-refractivity contribution in [3.05, 3.63) is 23.9 Å². The minimum Gasteiger partial charge on any atom is -0.396 e. The summed E-state index contributed by atoms with van der Waals surface area (Å²) in [6, 6.07) is 4.82. The van der Waals surface area contributed by atoms with Gasteiger partial charge in [-0.1, -0.05) is 25.7 Å². The van der Waals surface area contributed by atoms with Gasteiger partial charge in [0.15, 0.2) is 0 Å². The van der Waals surface area contributed by atoms with Gasteiger partial charge in [-0.2, -0.15) is 0 Å². The standard InChI is InChI=1S/C13H23N3Si/c1-16-10-6-8-12(16)11-7-5-9-14-13(11)15-17(2,3)4/h5,7,9,12H,6,8,10H2,1-4H3,(H,14,15). The van der Waals surface area contributed by atoms with E-state index in [1.165, 1.54) is 24.9 Å². The van der Waals surface area contributed by atoms with Gasteiger partial charge in [0.25, 0.3) is 0 Å². The zero-order chi connectivity index (χ0) is 12.5. The second-order valence-electron chi connectivity index (χ2n) is 5.95. The third-order valence-corrected chi connectivity index (χ3v) is 4.20. The molecule has 2 heterocycles. The quantitative estimate of drug-likeness (QED) is 0.834. The lowest BCUT2D eigenvalue weighted by Gasteiger charge is -2.26. The van der Waals surface area contributed by atoms with Crippen LogP contribution in [0.4, 0.5) is 5.82 Å². The van der Waals surface area contributed by atoms with Crippen molar-refractivity contribution < 1.29 is 0 Å². The smallest absolute Gasteiger partial charge is 0.145 e. The molecule has 1 aliphatic rings. The highest BCUT2D eigenvalue weighted by Gasteiger charge is 2.26. The molecule has 1 aromatic rings. The molecule has 1 unspecified atom stereocenters. The topological polar surface area (TPSA) is 28.2 Å². The fraction of sp³-hybridized carbons (Fsp3) is 0.615. The Morgan fingerprint density at radius 2 is 2.18 bits per heavy atom. The molecule has 1 fully saturated rings. The molecule has 2 rings (SSSR count). The van der Waals surface area contributed by atoms with E-state index >= 15 is 0 Å². The number of nitrogens with zero attached hydrogens (tertiary/aromatic N) is 2. The van der Waals surface area contributed by atoms with Crippen LogP contribution in [0.5, 0.6) is 0 Å². The van der Waals surface area contributed by atoms with Crippen LogP contribution in [0.2, 0.25) is 19.6 Å². The lowest BCUT2D eigenvalue weighted by molar-refractivity contribution is 0.318. The van der Waals surface area contributed by atoms with Crippen molar-refractivity contribution in [2.24, 2.45) is 0 Å². The van der Waals surface area contributed by atoms with Gasteiger partial charge in [-0.25, -0.2) is 4.98 Å². The number of rotatable bonds is 3. The molecule has 1 atom stereocenters. The molecule has 0 radical (unpaired) electrons. The van der Waals surface area contributed by atoms with E-state index in [1.54, 1.807) is 0 Å². The minimum absolute atomic E-state index is 0.544. The van der Waals surface area contributed by atoms with Crippen LogP contribution >= 0.6 is 0 Å². The van der Waals surface area contributed by atoms with Crippen LogP contribution in [-0.4, -0.2) is 31.7 Å². The van der Waals surface area contributed by atoms with Gasteiger partial charge in [-0.15, -0.1) is 0 Å². The first-order valence-corrected chi connectivity index (χ1v) is 9.91. The van der Waals surface area contributed by atoms with Crippen LogP contribution in [0.25, 0.3) is 0 Å². The van der Waals surface area contributed by atoms with Crippen molar-refractivity contribution in [2.45, 2.75) is 38.5 Å². The van der Waals surface area contributed by atoms with E-state index in [2.05, 4.69) is 53.7 Å². The Bertz CT molecular complexity index is 386. The molecule has 0 saturated carbocycles. The Balaban J connectivity index is 2.27. The maximum atomic E-state index is 4.54. The summed E-state index contributed by atoms with van der Waals surface area (Å²) in [7, 11) is 0.878. The van der Waals surface area contributed by atoms with Gasteiger partial charge in [-0.3, -0.25) is 4.90 Å². The molecular weight excluding hydrogens is 226 g/mol. The first-order chi connectivity index (χ1) is 7.97. The van der Waals surface area contributed by atoms with Crippen LogP contribution in [0.3, 0.4) is 0 Å². The summed E-state index contributed by atoms with van der Waals surface area (Å²) in [6.45, 7) is 8.13. The Kier molecular flexibility index (Phi) is 3.54. The fourth-order valence-electron chi connectivity index (χ4n) is 2.45. The lowest BCUT2D eigenvalue weighted by atomic mass is 10.1. The number of hydrogen-bond acceptors (Lipinski definition) is 3. The number of pyridine rings is 1. The molecule has 94 valence electrons. The van der Waals surface area contributed by atoms with Crippen LogP contribution in [-0.2, 0) is 0 Å². The molecule has 4 heteroatoms. The van der Waals surface area contributed by atoms with Gasteiger partial charge in [-0.05, 0) is 32.5 Å². The van der Waals surface area contributed by atoms with Crippen molar-refractivity contribution in [1.29, 1.82) is 0 Å². The molecule has 0 spiro atoms. The summed E-state index contributed by atoms with van der Waals surface area (Å²) in [6.07, 6.45) is 4.44. The van der Waals surface area contributed by atoms with Crippen LogP contribution < -0.4 is 4.98 Å². The molecule has 0 bridgehead atoms. The van der Waals surface area contributed by atoms with Crippen LogP contribution in [0, 0.1) is 0 Å². The van der Waals surface area contributed by atoms with E-state index in [1.807, 2.05) is 6.20 Å². The summed E-state index contributed by atoms with van der Waals surface area (Å²) in [5.41, 5.74) is 1.37. The van der Waals surface area contributed by atoms with Crippen molar-refractivity contribution >= 4 is 14.1 Å². The monoisotopic (exact) mass is 249 g/mol. The van der Waals surface area contributed by atoms with Crippen molar-refractivity contribution in [2.75, 3.05) is 18.6 Å². The zero-order valence-corrected chi connectivity index (χ0v) is 12.3. The van der Waals surface area contributed by atoms with E-state index in [-0.39, 0.29) is 0 Å². The summed E-state index contributed by atoms with van der Waals surface area (Å²) in [4.78, 5) is 10.6. The highest BCUT2D eigenvalue weighted by Crippen LogP contribution is 2.34. The second-order valence-corrected chi connectivity index (χ2v) is 10.7. The Hall–Kier alpha value is -0.873. The van der Waals surface area contributed by atoms with E-state index in [0.717, 1.165) is 5.82 Å². The van der Waals surface area contributed by atoms with Gasteiger partial charge in [0.1, 0.15) is 14.1 Å². The number of anilines is 1. The predicted molar refractivity (Wildman–Crippen MR) is 75.8 cm³/mol. The number of hydrogen-bond donors (Lipinski definition) is 1.